The molecular weight excluding hydrogens is 264 g/mol. The summed E-state index contributed by atoms with van der Waals surface area (Å²) in [5.74, 6) is 0.0429. The van der Waals surface area contributed by atoms with Crippen molar-refractivity contribution in [3.63, 3.8) is 0 Å². The van der Waals surface area contributed by atoms with Crippen molar-refractivity contribution < 1.29 is 9.59 Å². The van der Waals surface area contributed by atoms with Crippen molar-refractivity contribution in [1.29, 1.82) is 0 Å². The van der Waals surface area contributed by atoms with E-state index in [9.17, 15) is 9.59 Å². The second-order valence-corrected chi connectivity index (χ2v) is 5.70. The topological polar surface area (TPSA) is 49.4 Å². The number of benzene rings is 1. The smallest absolute Gasteiger partial charge is 0.226 e. The third-order valence-electron chi connectivity index (χ3n) is 3.98. The Bertz CT molecular complexity index is 536. The zero-order valence-electron chi connectivity index (χ0n) is 13.1. The number of aryl methyl sites for hydroxylation is 2. The number of anilines is 1. The fraction of sp³-hybridized carbons (Fsp3) is 0.529. The number of rotatable bonds is 6. The standard InChI is InChI=1S/C17H24N2O2/c1-4-14-7-5-6-12(2)17(14)18-16(21)10-11-19(13(3)20)15-8-9-15/h5-7,15H,4,8-11H2,1-3H3,(H,18,21). The predicted octanol–water partition coefficient (Wildman–Crippen LogP) is 2.90. The van der Waals surface area contributed by atoms with Gasteiger partial charge in [-0.15, -0.1) is 0 Å². The van der Waals surface area contributed by atoms with Crippen molar-refractivity contribution in [2.24, 2.45) is 0 Å². The molecule has 1 aromatic rings. The van der Waals surface area contributed by atoms with Crippen molar-refractivity contribution in [3.8, 4) is 0 Å². The molecule has 1 saturated carbocycles. The molecule has 4 nitrogen and oxygen atoms in total. The van der Waals surface area contributed by atoms with Gasteiger partial charge in [-0.25, -0.2) is 0 Å². The summed E-state index contributed by atoms with van der Waals surface area (Å²) < 4.78 is 0. The van der Waals surface area contributed by atoms with Crippen molar-refractivity contribution in [3.05, 3.63) is 29.3 Å². The third-order valence-corrected chi connectivity index (χ3v) is 3.98. The van der Waals surface area contributed by atoms with Gasteiger partial charge in [-0.05, 0) is 37.3 Å². The van der Waals surface area contributed by atoms with Crippen LogP contribution in [-0.4, -0.2) is 29.3 Å². The molecule has 1 aliphatic carbocycles. The molecule has 114 valence electrons. The summed E-state index contributed by atoms with van der Waals surface area (Å²) in [4.78, 5) is 25.5. The quantitative estimate of drug-likeness (QED) is 0.875. The first-order chi connectivity index (χ1) is 10.0. The Kier molecular flexibility index (Phi) is 4.99. The molecule has 0 heterocycles. The van der Waals surface area contributed by atoms with Crippen LogP contribution in [0.25, 0.3) is 0 Å². The Morgan fingerprint density at radius 1 is 1.33 bits per heavy atom. The molecule has 0 unspecified atom stereocenters. The van der Waals surface area contributed by atoms with Crippen LogP contribution >= 0.6 is 0 Å². The molecule has 0 aromatic heterocycles. The van der Waals surface area contributed by atoms with Gasteiger partial charge < -0.3 is 10.2 Å². The van der Waals surface area contributed by atoms with Gasteiger partial charge >= 0.3 is 0 Å². The summed E-state index contributed by atoms with van der Waals surface area (Å²) in [5.41, 5.74) is 3.15. The van der Waals surface area contributed by atoms with Gasteiger partial charge in [0.15, 0.2) is 0 Å². The maximum Gasteiger partial charge on any atom is 0.226 e. The highest BCUT2D eigenvalue weighted by molar-refractivity contribution is 5.92. The van der Waals surface area contributed by atoms with E-state index in [1.807, 2.05) is 30.0 Å². The monoisotopic (exact) mass is 288 g/mol. The lowest BCUT2D eigenvalue weighted by atomic mass is 10.1. The molecule has 0 spiro atoms. The van der Waals surface area contributed by atoms with E-state index in [0.717, 1.165) is 36.1 Å². The summed E-state index contributed by atoms with van der Waals surface area (Å²) in [6.45, 7) is 6.17. The average molecular weight is 288 g/mol. The molecule has 4 heteroatoms. The molecule has 0 saturated heterocycles. The van der Waals surface area contributed by atoms with E-state index in [1.165, 1.54) is 0 Å². The first kappa shape index (κ1) is 15.5. The molecule has 21 heavy (non-hydrogen) atoms. The van der Waals surface area contributed by atoms with E-state index in [2.05, 4.69) is 12.2 Å². The maximum atomic E-state index is 12.2. The Hall–Kier alpha value is -1.84. The van der Waals surface area contributed by atoms with Crippen LogP contribution in [0.15, 0.2) is 18.2 Å². The van der Waals surface area contributed by atoms with E-state index in [4.69, 9.17) is 0 Å². The maximum absolute atomic E-state index is 12.2. The molecule has 1 aliphatic rings. The molecule has 2 amide bonds. The first-order valence-electron chi connectivity index (χ1n) is 7.68. The van der Waals surface area contributed by atoms with Crippen LogP contribution < -0.4 is 5.32 Å². The minimum absolute atomic E-state index is 0.0223. The number of carbonyl (C=O) groups is 2. The highest BCUT2D eigenvalue weighted by atomic mass is 16.2. The molecule has 1 N–H and O–H groups in total. The van der Waals surface area contributed by atoms with Gasteiger partial charge in [0, 0.05) is 31.6 Å². The SMILES string of the molecule is CCc1cccc(C)c1NC(=O)CCN(C(C)=O)C1CC1. The Morgan fingerprint density at radius 2 is 2.05 bits per heavy atom. The van der Waals surface area contributed by atoms with E-state index in [0.29, 0.717) is 19.0 Å². The summed E-state index contributed by atoms with van der Waals surface area (Å²) in [6, 6.07) is 6.41. The minimum Gasteiger partial charge on any atom is -0.339 e. The number of hydrogen-bond donors (Lipinski definition) is 1. The molecule has 1 aromatic carbocycles. The molecule has 0 atom stereocenters. The summed E-state index contributed by atoms with van der Waals surface area (Å²) in [5, 5.41) is 3.01. The molecule has 0 aliphatic heterocycles. The zero-order chi connectivity index (χ0) is 15.4. The highest BCUT2D eigenvalue weighted by Crippen LogP contribution is 2.27. The van der Waals surface area contributed by atoms with Gasteiger partial charge in [0.1, 0.15) is 0 Å². The second kappa shape index (κ2) is 6.74. The second-order valence-electron chi connectivity index (χ2n) is 5.70. The van der Waals surface area contributed by atoms with Crippen molar-refractivity contribution in [2.75, 3.05) is 11.9 Å². The van der Waals surface area contributed by atoms with Crippen molar-refractivity contribution in [2.45, 2.75) is 52.5 Å². The van der Waals surface area contributed by atoms with Crippen LogP contribution in [0.4, 0.5) is 5.69 Å². The Labute approximate surface area is 126 Å². The van der Waals surface area contributed by atoms with E-state index in [-0.39, 0.29) is 11.8 Å². The van der Waals surface area contributed by atoms with Crippen LogP contribution in [0.2, 0.25) is 0 Å². The van der Waals surface area contributed by atoms with Gasteiger partial charge in [-0.2, -0.15) is 0 Å². The number of hydrogen-bond acceptors (Lipinski definition) is 2. The van der Waals surface area contributed by atoms with Crippen molar-refractivity contribution in [1.82, 2.24) is 4.90 Å². The fourth-order valence-corrected chi connectivity index (χ4v) is 2.61. The highest BCUT2D eigenvalue weighted by Gasteiger charge is 2.30. The molecule has 0 bridgehead atoms. The summed E-state index contributed by atoms with van der Waals surface area (Å²) in [7, 11) is 0. The lowest BCUT2D eigenvalue weighted by molar-refractivity contribution is -0.129. The Morgan fingerprint density at radius 3 is 2.62 bits per heavy atom. The van der Waals surface area contributed by atoms with E-state index < -0.39 is 0 Å². The van der Waals surface area contributed by atoms with Crippen LogP contribution in [0, 0.1) is 6.92 Å². The van der Waals surface area contributed by atoms with Gasteiger partial charge in [0.05, 0.1) is 0 Å². The normalized spacial score (nSPS) is 13.9. The van der Waals surface area contributed by atoms with E-state index in [1.54, 1.807) is 6.92 Å². The molecular formula is C17H24N2O2. The van der Waals surface area contributed by atoms with E-state index >= 15 is 0 Å². The van der Waals surface area contributed by atoms with Gasteiger partial charge in [-0.1, -0.05) is 25.1 Å². The number of nitrogens with one attached hydrogen (secondary N) is 1. The van der Waals surface area contributed by atoms with Gasteiger partial charge in [-0.3, -0.25) is 9.59 Å². The predicted molar refractivity (Wildman–Crippen MR) is 84.2 cm³/mol. The lowest BCUT2D eigenvalue weighted by Crippen LogP contribution is -2.33. The Balaban J connectivity index is 1.94. The molecule has 2 rings (SSSR count). The lowest BCUT2D eigenvalue weighted by Gasteiger charge is -2.20. The molecule has 1 fully saturated rings. The van der Waals surface area contributed by atoms with Gasteiger partial charge in [0.2, 0.25) is 11.8 Å². The van der Waals surface area contributed by atoms with Crippen molar-refractivity contribution >= 4 is 17.5 Å². The third kappa shape index (κ3) is 4.06. The number of amides is 2. The number of para-hydroxylation sites is 1. The summed E-state index contributed by atoms with van der Waals surface area (Å²) >= 11 is 0. The summed E-state index contributed by atoms with van der Waals surface area (Å²) in [6.07, 6.45) is 3.38. The molecule has 0 radical (unpaired) electrons. The first-order valence-corrected chi connectivity index (χ1v) is 7.68. The zero-order valence-corrected chi connectivity index (χ0v) is 13.1. The van der Waals surface area contributed by atoms with Crippen LogP contribution in [0.1, 0.15) is 44.2 Å². The van der Waals surface area contributed by atoms with Crippen LogP contribution in [0.5, 0.6) is 0 Å². The largest absolute Gasteiger partial charge is 0.339 e. The number of carbonyl (C=O) groups excluding carboxylic acids is 2. The average Bonchev–Trinajstić information content (AvgIpc) is 3.25. The van der Waals surface area contributed by atoms with Crippen LogP contribution in [-0.2, 0) is 16.0 Å². The number of nitrogens with zero attached hydrogens (tertiary/aromatic N) is 1. The van der Waals surface area contributed by atoms with Crippen LogP contribution in [0.3, 0.4) is 0 Å². The minimum atomic E-state index is -0.0223. The van der Waals surface area contributed by atoms with Gasteiger partial charge in [0.25, 0.3) is 0 Å². The fourth-order valence-electron chi connectivity index (χ4n) is 2.61.